The number of hydrogen-bond donors (Lipinski definition) is 1. The van der Waals surface area contributed by atoms with Gasteiger partial charge in [0.1, 0.15) is 17.9 Å². The van der Waals surface area contributed by atoms with Gasteiger partial charge in [0.25, 0.3) is 0 Å². The number of ether oxygens (including phenoxy) is 1. The van der Waals surface area contributed by atoms with E-state index in [0.29, 0.717) is 23.4 Å². The zero-order valence-electron chi connectivity index (χ0n) is 19.1. The molecule has 0 saturated carbocycles. The zero-order valence-corrected chi connectivity index (χ0v) is 20.6. The van der Waals surface area contributed by atoms with Gasteiger partial charge in [0.15, 0.2) is 10.8 Å². The van der Waals surface area contributed by atoms with Crippen molar-refractivity contribution in [2.24, 2.45) is 0 Å². The average molecular weight is 487 g/mol. The number of aromatic nitrogens is 4. The van der Waals surface area contributed by atoms with Gasteiger partial charge in [-0.1, -0.05) is 82.2 Å². The Bertz CT molecular complexity index is 829. The Morgan fingerprint density at radius 2 is 1.38 bits per heavy atom. The Labute approximate surface area is 200 Å². The fourth-order valence-corrected chi connectivity index (χ4v) is 4.44. The molecule has 0 amide bonds. The van der Waals surface area contributed by atoms with Gasteiger partial charge in [-0.15, -0.1) is 0 Å². The molecule has 1 N–H and O–H groups in total. The molecular formula is C23H36Cl2N4O3. The Morgan fingerprint density at radius 1 is 0.844 bits per heavy atom. The van der Waals surface area contributed by atoms with Crippen LogP contribution in [-0.4, -0.2) is 37.7 Å². The number of nitrogens with zero attached hydrogens (tertiary/aromatic N) is 4. The summed E-state index contributed by atoms with van der Waals surface area (Å²) in [5.74, 6) is 0.446. The molecule has 0 atom stereocenters. The topological polar surface area (TPSA) is 90.1 Å². The molecular weight excluding hydrogens is 451 g/mol. The summed E-state index contributed by atoms with van der Waals surface area (Å²) in [4.78, 5) is 23.5. The first-order valence-electron chi connectivity index (χ1n) is 11.8. The number of carbonyl (C=O) groups excluding carboxylic acids is 1. The number of imidazole rings is 1. The van der Waals surface area contributed by atoms with E-state index >= 15 is 0 Å². The number of aliphatic hydroxyl groups excluding tert-OH is 1. The molecule has 2 aromatic heterocycles. The van der Waals surface area contributed by atoms with Crippen LogP contribution in [0.4, 0.5) is 0 Å². The summed E-state index contributed by atoms with van der Waals surface area (Å²) < 4.78 is 6.55. The number of hydrogen-bond acceptors (Lipinski definition) is 6. The van der Waals surface area contributed by atoms with Gasteiger partial charge in [0, 0.05) is 13.0 Å². The van der Waals surface area contributed by atoms with Gasteiger partial charge in [0.05, 0.1) is 7.11 Å². The third-order valence-electron chi connectivity index (χ3n) is 5.74. The first kappa shape index (κ1) is 26.8. The fourth-order valence-electron chi connectivity index (χ4n) is 3.96. The number of halogens is 2. The monoisotopic (exact) mass is 486 g/mol. The fraction of sp³-hybridized carbons (Fsp3) is 0.739. The first-order chi connectivity index (χ1) is 15.6. The maximum absolute atomic E-state index is 11.0. The summed E-state index contributed by atoms with van der Waals surface area (Å²) in [6.07, 6.45) is 16.2. The van der Waals surface area contributed by atoms with Crippen LogP contribution in [0.1, 0.15) is 95.7 Å². The molecule has 0 aliphatic carbocycles. The minimum Gasteiger partial charge on any atom is -0.469 e. The lowest BCUT2D eigenvalue weighted by Crippen LogP contribution is -2.04. The number of fused-ring (bicyclic) bond motifs is 1. The second-order valence-electron chi connectivity index (χ2n) is 8.22. The lowest BCUT2D eigenvalue weighted by molar-refractivity contribution is -0.140. The highest BCUT2D eigenvalue weighted by atomic mass is 35.5. The molecule has 0 radical (unpaired) electrons. The minimum atomic E-state index is -0.169. The van der Waals surface area contributed by atoms with Gasteiger partial charge >= 0.3 is 5.97 Å². The standard InChI is InChI=1S/C23H36Cl2N4O3/c1-32-19(31)15-13-11-9-7-5-3-2-4-6-8-10-12-14-16-29-18(17-30)26-22-20(29)21(24)27-23(25)28-22/h30H,2-17H2,1H3. The second-order valence-corrected chi connectivity index (χ2v) is 8.91. The number of aryl methyl sites for hydroxylation is 1. The van der Waals surface area contributed by atoms with Crippen LogP contribution in [0.15, 0.2) is 0 Å². The number of carbonyl (C=O) groups is 1. The largest absolute Gasteiger partial charge is 0.469 e. The molecule has 180 valence electrons. The zero-order chi connectivity index (χ0) is 23.2. The van der Waals surface area contributed by atoms with Crippen LogP contribution in [0.2, 0.25) is 10.4 Å². The summed E-state index contributed by atoms with van der Waals surface area (Å²) in [5, 5.41) is 9.93. The maximum Gasteiger partial charge on any atom is 0.305 e. The van der Waals surface area contributed by atoms with Crippen LogP contribution >= 0.6 is 23.2 Å². The van der Waals surface area contributed by atoms with Crippen molar-refractivity contribution in [2.45, 2.75) is 103 Å². The Hall–Kier alpha value is -1.44. The van der Waals surface area contributed by atoms with Crippen LogP contribution in [0.5, 0.6) is 0 Å². The third kappa shape index (κ3) is 9.20. The van der Waals surface area contributed by atoms with Crippen molar-refractivity contribution < 1.29 is 14.6 Å². The number of esters is 1. The molecule has 2 heterocycles. The predicted molar refractivity (Wildman–Crippen MR) is 128 cm³/mol. The Balaban J connectivity index is 1.49. The van der Waals surface area contributed by atoms with Crippen LogP contribution in [0.25, 0.3) is 11.2 Å². The van der Waals surface area contributed by atoms with E-state index in [1.54, 1.807) is 0 Å². The lowest BCUT2D eigenvalue weighted by Gasteiger charge is -2.08. The van der Waals surface area contributed by atoms with Crippen LogP contribution in [-0.2, 0) is 22.7 Å². The van der Waals surface area contributed by atoms with Crippen molar-refractivity contribution in [3.05, 3.63) is 16.3 Å². The smallest absolute Gasteiger partial charge is 0.305 e. The summed E-state index contributed by atoms with van der Waals surface area (Å²) >= 11 is 12.1. The highest BCUT2D eigenvalue weighted by Gasteiger charge is 2.16. The molecule has 2 rings (SSSR count). The minimum absolute atomic E-state index is 0.0623. The van der Waals surface area contributed by atoms with E-state index in [1.807, 2.05) is 4.57 Å². The van der Waals surface area contributed by atoms with Gasteiger partial charge in [-0.2, -0.15) is 4.98 Å². The predicted octanol–water partition coefficient (Wildman–Crippen LogP) is 6.26. The molecule has 0 aliphatic heterocycles. The number of methoxy groups -OCH3 is 1. The van der Waals surface area contributed by atoms with E-state index in [9.17, 15) is 9.90 Å². The van der Waals surface area contributed by atoms with Crippen molar-refractivity contribution in [2.75, 3.05) is 7.11 Å². The lowest BCUT2D eigenvalue weighted by atomic mass is 10.0. The normalized spacial score (nSPS) is 11.4. The van der Waals surface area contributed by atoms with E-state index in [0.717, 1.165) is 32.2 Å². The molecule has 7 nitrogen and oxygen atoms in total. The number of rotatable bonds is 17. The van der Waals surface area contributed by atoms with E-state index in [-0.39, 0.29) is 23.0 Å². The van der Waals surface area contributed by atoms with Crippen molar-refractivity contribution >= 4 is 40.3 Å². The number of unbranched alkanes of at least 4 members (excludes halogenated alkanes) is 12. The van der Waals surface area contributed by atoms with Gasteiger partial charge in [-0.05, 0) is 24.4 Å². The molecule has 0 unspecified atom stereocenters. The summed E-state index contributed by atoms with van der Waals surface area (Å²) in [7, 11) is 1.45. The SMILES string of the molecule is COC(=O)CCCCCCCCCCCCCCCn1c(CO)nc2nc(Cl)nc(Cl)c21. The second kappa shape index (κ2) is 15.4. The third-order valence-corrected chi connectivity index (χ3v) is 6.18. The molecule has 0 saturated heterocycles. The summed E-state index contributed by atoms with van der Waals surface area (Å²) in [6.45, 7) is 0.564. The van der Waals surface area contributed by atoms with Gasteiger partial charge in [-0.3, -0.25) is 4.79 Å². The van der Waals surface area contributed by atoms with Crippen molar-refractivity contribution in [3.63, 3.8) is 0 Å². The highest BCUT2D eigenvalue weighted by molar-refractivity contribution is 6.35. The quantitative estimate of drug-likeness (QED) is 0.123. The maximum atomic E-state index is 11.0. The van der Waals surface area contributed by atoms with E-state index in [4.69, 9.17) is 23.2 Å². The average Bonchev–Trinajstić information content (AvgIpc) is 3.13. The molecule has 0 bridgehead atoms. The molecule has 9 heteroatoms. The van der Waals surface area contributed by atoms with Gasteiger partial charge in [0.2, 0.25) is 5.28 Å². The van der Waals surface area contributed by atoms with E-state index in [2.05, 4.69) is 19.7 Å². The van der Waals surface area contributed by atoms with Crippen LogP contribution in [0.3, 0.4) is 0 Å². The highest BCUT2D eigenvalue weighted by Crippen LogP contribution is 2.24. The molecule has 0 aliphatic rings. The number of aliphatic hydroxyl groups is 1. The van der Waals surface area contributed by atoms with E-state index < -0.39 is 0 Å². The Kier molecular flexibility index (Phi) is 12.9. The first-order valence-corrected chi connectivity index (χ1v) is 12.6. The Morgan fingerprint density at radius 3 is 1.91 bits per heavy atom. The van der Waals surface area contributed by atoms with Crippen LogP contribution < -0.4 is 0 Å². The van der Waals surface area contributed by atoms with Crippen molar-refractivity contribution in [1.29, 1.82) is 0 Å². The van der Waals surface area contributed by atoms with Crippen LogP contribution in [0, 0.1) is 0 Å². The molecule has 0 spiro atoms. The van der Waals surface area contributed by atoms with Crippen molar-refractivity contribution in [3.8, 4) is 0 Å². The molecule has 2 aromatic rings. The summed E-state index contributed by atoms with van der Waals surface area (Å²) in [5.41, 5.74) is 1.07. The van der Waals surface area contributed by atoms with Crippen molar-refractivity contribution in [1.82, 2.24) is 19.5 Å². The van der Waals surface area contributed by atoms with Gasteiger partial charge in [-0.25, -0.2) is 9.97 Å². The summed E-state index contributed by atoms with van der Waals surface area (Å²) in [6, 6.07) is 0. The molecule has 0 fully saturated rings. The van der Waals surface area contributed by atoms with E-state index in [1.165, 1.54) is 64.9 Å². The van der Waals surface area contributed by atoms with Gasteiger partial charge < -0.3 is 14.4 Å². The molecule has 0 aromatic carbocycles. The molecule has 32 heavy (non-hydrogen) atoms.